The predicted molar refractivity (Wildman–Crippen MR) is 96.2 cm³/mol. The molecule has 0 aliphatic carbocycles. The molecule has 1 aromatic carbocycles. The summed E-state index contributed by atoms with van der Waals surface area (Å²) in [7, 11) is -3.27. The van der Waals surface area contributed by atoms with Crippen molar-refractivity contribution in [3.8, 4) is 11.3 Å². The molecular weight excluding hydrogens is 340 g/mol. The van der Waals surface area contributed by atoms with E-state index in [4.69, 9.17) is 0 Å². The molecule has 1 aliphatic heterocycles. The van der Waals surface area contributed by atoms with Gasteiger partial charge in [0, 0.05) is 11.1 Å². The van der Waals surface area contributed by atoms with Crippen molar-refractivity contribution in [1.29, 1.82) is 0 Å². The SMILES string of the molecule is Cc1ccc(-c2ccc(C(=O)NC3C=CS(=O)(=O)C3)c(=O)[nH]2)cc1C. The van der Waals surface area contributed by atoms with Crippen molar-refractivity contribution in [3.05, 3.63) is 68.9 Å². The highest BCUT2D eigenvalue weighted by atomic mass is 32.2. The second kappa shape index (κ2) is 6.33. The van der Waals surface area contributed by atoms with Crippen LogP contribution in [0, 0.1) is 13.8 Å². The van der Waals surface area contributed by atoms with Gasteiger partial charge in [0.15, 0.2) is 9.84 Å². The minimum atomic E-state index is -3.27. The summed E-state index contributed by atoms with van der Waals surface area (Å²) in [6, 6.07) is 8.34. The average molecular weight is 358 g/mol. The second-order valence-corrected chi connectivity index (χ2v) is 8.08. The Kier molecular flexibility index (Phi) is 4.34. The standard InChI is InChI=1S/C18H18N2O4S/c1-11-3-4-13(9-12(11)2)16-6-5-15(18(22)20-16)17(21)19-14-7-8-25(23,24)10-14/h3-9,14H,10H2,1-2H3,(H,19,21)(H,20,22). The number of carbonyl (C=O) groups is 1. The molecule has 130 valence electrons. The molecule has 0 saturated heterocycles. The third kappa shape index (κ3) is 3.71. The van der Waals surface area contributed by atoms with Crippen LogP contribution < -0.4 is 10.9 Å². The highest BCUT2D eigenvalue weighted by Gasteiger charge is 2.24. The van der Waals surface area contributed by atoms with Crippen molar-refractivity contribution in [2.45, 2.75) is 19.9 Å². The molecule has 6 nitrogen and oxygen atoms in total. The molecule has 1 aliphatic rings. The number of nitrogens with one attached hydrogen (secondary N) is 2. The van der Waals surface area contributed by atoms with Gasteiger partial charge in [0.25, 0.3) is 11.5 Å². The van der Waals surface area contributed by atoms with Crippen LogP contribution in [-0.2, 0) is 9.84 Å². The van der Waals surface area contributed by atoms with Crippen LogP contribution in [0.1, 0.15) is 21.5 Å². The zero-order valence-electron chi connectivity index (χ0n) is 13.9. The van der Waals surface area contributed by atoms with Crippen molar-refractivity contribution in [1.82, 2.24) is 10.3 Å². The molecular formula is C18H18N2O4S. The van der Waals surface area contributed by atoms with E-state index in [2.05, 4.69) is 10.3 Å². The molecule has 2 heterocycles. The minimum Gasteiger partial charge on any atom is -0.345 e. The zero-order chi connectivity index (χ0) is 18.2. The molecule has 2 N–H and O–H groups in total. The number of carbonyl (C=O) groups excluding carboxylic acids is 1. The summed E-state index contributed by atoms with van der Waals surface area (Å²) in [5.41, 5.74) is 3.17. The molecule has 0 radical (unpaired) electrons. The van der Waals surface area contributed by atoms with Gasteiger partial charge < -0.3 is 10.3 Å². The first kappa shape index (κ1) is 17.2. The Labute approximate surface area is 145 Å². The molecule has 7 heteroatoms. The van der Waals surface area contributed by atoms with Gasteiger partial charge in [-0.05, 0) is 54.8 Å². The van der Waals surface area contributed by atoms with Gasteiger partial charge in [-0.15, -0.1) is 0 Å². The largest absolute Gasteiger partial charge is 0.345 e. The summed E-state index contributed by atoms with van der Waals surface area (Å²) < 4.78 is 22.7. The Morgan fingerprint density at radius 2 is 1.92 bits per heavy atom. The maximum atomic E-state index is 12.3. The molecule has 0 bridgehead atoms. The van der Waals surface area contributed by atoms with E-state index in [1.165, 1.54) is 12.1 Å². The monoisotopic (exact) mass is 358 g/mol. The minimum absolute atomic E-state index is 0.0507. The third-order valence-electron chi connectivity index (χ3n) is 4.22. The van der Waals surface area contributed by atoms with Crippen LogP contribution in [0.15, 0.2) is 46.6 Å². The van der Waals surface area contributed by atoms with E-state index in [1.807, 2.05) is 32.0 Å². The predicted octanol–water partition coefficient (Wildman–Crippen LogP) is 1.70. The number of hydrogen-bond acceptors (Lipinski definition) is 4. The van der Waals surface area contributed by atoms with Gasteiger partial charge in [0.05, 0.1) is 11.8 Å². The van der Waals surface area contributed by atoms with E-state index in [9.17, 15) is 18.0 Å². The normalized spacial score (nSPS) is 18.2. The van der Waals surface area contributed by atoms with Crippen LogP contribution >= 0.6 is 0 Å². The number of H-pyrrole nitrogens is 1. The first-order chi connectivity index (χ1) is 11.7. The first-order valence-corrected chi connectivity index (χ1v) is 9.49. The fourth-order valence-corrected chi connectivity index (χ4v) is 3.88. The average Bonchev–Trinajstić information content (AvgIpc) is 2.88. The van der Waals surface area contributed by atoms with Crippen LogP contribution in [0.2, 0.25) is 0 Å². The molecule has 0 fully saturated rings. The number of hydrogen-bond donors (Lipinski definition) is 2. The van der Waals surface area contributed by atoms with E-state index in [1.54, 1.807) is 6.07 Å². The maximum absolute atomic E-state index is 12.3. The molecule has 0 saturated carbocycles. The van der Waals surface area contributed by atoms with E-state index in [-0.39, 0.29) is 11.3 Å². The lowest BCUT2D eigenvalue weighted by Gasteiger charge is -2.10. The van der Waals surface area contributed by atoms with Crippen LogP contribution in [0.5, 0.6) is 0 Å². The van der Waals surface area contributed by atoms with Crippen molar-refractivity contribution in [3.63, 3.8) is 0 Å². The third-order valence-corrected chi connectivity index (χ3v) is 5.61. The number of aromatic amines is 1. The van der Waals surface area contributed by atoms with E-state index in [0.717, 1.165) is 22.1 Å². The van der Waals surface area contributed by atoms with Gasteiger partial charge in [-0.25, -0.2) is 8.42 Å². The second-order valence-electron chi connectivity index (χ2n) is 6.15. The summed E-state index contributed by atoms with van der Waals surface area (Å²) in [5, 5.41) is 3.62. The van der Waals surface area contributed by atoms with Crippen LogP contribution in [0.3, 0.4) is 0 Å². The Morgan fingerprint density at radius 1 is 1.16 bits per heavy atom. The quantitative estimate of drug-likeness (QED) is 0.873. The lowest BCUT2D eigenvalue weighted by Crippen LogP contribution is -2.38. The summed E-state index contributed by atoms with van der Waals surface area (Å²) in [4.78, 5) is 27.2. The molecule has 0 spiro atoms. The number of amides is 1. The van der Waals surface area contributed by atoms with Gasteiger partial charge in [-0.3, -0.25) is 9.59 Å². The fraction of sp³-hybridized carbons (Fsp3) is 0.222. The van der Waals surface area contributed by atoms with Crippen LogP contribution in [-0.4, -0.2) is 31.1 Å². The molecule has 1 aromatic heterocycles. The van der Waals surface area contributed by atoms with Gasteiger partial charge in [0.1, 0.15) is 5.56 Å². The molecule has 3 rings (SSSR count). The zero-order valence-corrected chi connectivity index (χ0v) is 14.7. The molecule has 25 heavy (non-hydrogen) atoms. The highest BCUT2D eigenvalue weighted by molar-refractivity contribution is 7.94. The Bertz CT molecular complexity index is 1040. The van der Waals surface area contributed by atoms with Crippen molar-refractivity contribution in [2.24, 2.45) is 0 Å². The van der Waals surface area contributed by atoms with Crippen molar-refractivity contribution < 1.29 is 13.2 Å². The Hall–Kier alpha value is -2.67. The van der Waals surface area contributed by atoms with E-state index in [0.29, 0.717) is 5.69 Å². The molecule has 1 unspecified atom stereocenters. The molecule has 1 amide bonds. The number of rotatable bonds is 3. The van der Waals surface area contributed by atoms with Crippen LogP contribution in [0.4, 0.5) is 0 Å². The van der Waals surface area contributed by atoms with Gasteiger partial charge in [0.2, 0.25) is 0 Å². The number of benzene rings is 1. The van der Waals surface area contributed by atoms with Gasteiger partial charge >= 0.3 is 0 Å². The smallest absolute Gasteiger partial charge is 0.261 e. The topological polar surface area (TPSA) is 96.1 Å². The summed E-state index contributed by atoms with van der Waals surface area (Å²) >= 11 is 0. The van der Waals surface area contributed by atoms with Crippen molar-refractivity contribution >= 4 is 15.7 Å². The summed E-state index contributed by atoms with van der Waals surface area (Å²) in [5.74, 6) is -0.781. The fourth-order valence-electron chi connectivity index (χ4n) is 2.64. The lowest BCUT2D eigenvalue weighted by molar-refractivity contribution is 0.0946. The molecule has 1 atom stereocenters. The number of sulfone groups is 1. The molecule has 2 aromatic rings. The van der Waals surface area contributed by atoms with Crippen molar-refractivity contribution in [2.75, 3.05) is 5.75 Å². The van der Waals surface area contributed by atoms with E-state index < -0.39 is 27.3 Å². The summed E-state index contributed by atoms with van der Waals surface area (Å²) in [6.07, 6.45) is 1.41. The van der Waals surface area contributed by atoms with Crippen LogP contribution in [0.25, 0.3) is 11.3 Å². The van der Waals surface area contributed by atoms with Gasteiger partial charge in [-0.2, -0.15) is 0 Å². The number of pyridine rings is 1. The Balaban J connectivity index is 1.82. The highest BCUT2D eigenvalue weighted by Crippen LogP contribution is 2.19. The van der Waals surface area contributed by atoms with Gasteiger partial charge in [-0.1, -0.05) is 12.1 Å². The van der Waals surface area contributed by atoms with E-state index >= 15 is 0 Å². The maximum Gasteiger partial charge on any atom is 0.261 e. The Morgan fingerprint density at radius 3 is 2.52 bits per heavy atom. The lowest BCUT2D eigenvalue weighted by atomic mass is 10.0. The first-order valence-electron chi connectivity index (χ1n) is 7.78. The summed E-state index contributed by atoms with van der Waals surface area (Å²) in [6.45, 7) is 3.99. The number of aryl methyl sites for hydroxylation is 2. The number of aromatic nitrogens is 1.